The molecule has 0 bridgehead atoms. The highest BCUT2D eigenvalue weighted by molar-refractivity contribution is 6.32. The van der Waals surface area contributed by atoms with Gasteiger partial charge >= 0.3 is 0 Å². The van der Waals surface area contributed by atoms with Gasteiger partial charge in [0.2, 0.25) is 0 Å². The Labute approximate surface area is 90.3 Å². The highest BCUT2D eigenvalue weighted by Crippen LogP contribution is 2.33. The van der Waals surface area contributed by atoms with Crippen molar-refractivity contribution >= 4 is 11.6 Å². The second kappa shape index (κ2) is 5.06. The Morgan fingerprint density at radius 2 is 2.29 bits per heavy atom. The summed E-state index contributed by atoms with van der Waals surface area (Å²) in [5.74, 6) is 1.04. The lowest BCUT2D eigenvalue weighted by atomic mass is 10.0. The predicted octanol–water partition coefficient (Wildman–Crippen LogP) is 4.03. The standard InChI is InChI=1S/C12H15ClO/c1-4-9(3)10-7-6-8-11(13)12(10)14-5-2/h4,6-9H,1,5H2,2-3H3. The summed E-state index contributed by atoms with van der Waals surface area (Å²) in [4.78, 5) is 0. The molecule has 0 N–H and O–H groups in total. The molecule has 1 aromatic rings. The largest absolute Gasteiger partial charge is 0.492 e. The molecule has 0 aliphatic carbocycles. The number of halogens is 1. The van der Waals surface area contributed by atoms with Crippen molar-refractivity contribution < 1.29 is 4.74 Å². The fraction of sp³-hybridized carbons (Fsp3) is 0.333. The van der Waals surface area contributed by atoms with E-state index in [9.17, 15) is 0 Å². The van der Waals surface area contributed by atoms with Gasteiger partial charge in [0.1, 0.15) is 5.75 Å². The van der Waals surface area contributed by atoms with Gasteiger partial charge in [0.05, 0.1) is 11.6 Å². The zero-order valence-electron chi connectivity index (χ0n) is 8.59. The van der Waals surface area contributed by atoms with Gasteiger partial charge in [0.25, 0.3) is 0 Å². The van der Waals surface area contributed by atoms with Gasteiger partial charge in [-0.25, -0.2) is 0 Å². The second-order valence-corrected chi connectivity index (χ2v) is 3.52. The van der Waals surface area contributed by atoms with E-state index in [4.69, 9.17) is 16.3 Å². The van der Waals surface area contributed by atoms with E-state index in [1.54, 1.807) is 0 Å². The Morgan fingerprint density at radius 1 is 1.57 bits per heavy atom. The molecule has 0 fully saturated rings. The molecule has 2 heteroatoms. The summed E-state index contributed by atoms with van der Waals surface area (Å²) in [6.45, 7) is 8.42. The molecule has 1 unspecified atom stereocenters. The van der Waals surface area contributed by atoms with Crippen LogP contribution < -0.4 is 4.74 Å². The quantitative estimate of drug-likeness (QED) is 0.682. The van der Waals surface area contributed by atoms with Crippen LogP contribution in [0.5, 0.6) is 5.75 Å². The monoisotopic (exact) mass is 210 g/mol. The normalized spacial score (nSPS) is 12.2. The maximum absolute atomic E-state index is 6.05. The second-order valence-electron chi connectivity index (χ2n) is 3.12. The summed E-state index contributed by atoms with van der Waals surface area (Å²) in [5.41, 5.74) is 1.09. The van der Waals surface area contributed by atoms with Crippen molar-refractivity contribution in [1.29, 1.82) is 0 Å². The maximum Gasteiger partial charge on any atom is 0.141 e. The highest BCUT2D eigenvalue weighted by Gasteiger charge is 2.11. The van der Waals surface area contributed by atoms with Gasteiger partial charge in [-0.2, -0.15) is 0 Å². The van der Waals surface area contributed by atoms with Gasteiger partial charge in [-0.05, 0) is 13.0 Å². The van der Waals surface area contributed by atoms with E-state index in [-0.39, 0.29) is 5.92 Å². The SMILES string of the molecule is C=CC(C)c1cccc(Cl)c1OCC. The fourth-order valence-corrected chi connectivity index (χ4v) is 1.54. The predicted molar refractivity (Wildman–Crippen MR) is 61.2 cm³/mol. The molecule has 0 aliphatic heterocycles. The topological polar surface area (TPSA) is 9.23 Å². The number of rotatable bonds is 4. The number of ether oxygens (including phenoxy) is 1. The van der Waals surface area contributed by atoms with Gasteiger partial charge in [0.15, 0.2) is 0 Å². The summed E-state index contributed by atoms with van der Waals surface area (Å²) in [6.07, 6.45) is 1.88. The zero-order valence-corrected chi connectivity index (χ0v) is 9.34. The van der Waals surface area contributed by atoms with Crippen LogP contribution in [0.1, 0.15) is 25.3 Å². The van der Waals surface area contributed by atoms with Gasteiger partial charge in [-0.1, -0.05) is 36.7 Å². The third kappa shape index (κ3) is 2.30. The third-order valence-electron chi connectivity index (χ3n) is 2.13. The lowest BCUT2D eigenvalue weighted by Gasteiger charge is -2.14. The third-order valence-corrected chi connectivity index (χ3v) is 2.43. The van der Waals surface area contributed by atoms with E-state index in [1.165, 1.54) is 0 Å². The molecule has 14 heavy (non-hydrogen) atoms. The van der Waals surface area contributed by atoms with Crippen molar-refractivity contribution in [1.82, 2.24) is 0 Å². The van der Waals surface area contributed by atoms with Crippen LogP contribution in [0.2, 0.25) is 5.02 Å². The molecule has 0 spiro atoms. The highest BCUT2D eigenvalue weighted by atomic mass is 35.5. The van der Waals surface area contributed by atoms with E-state index >= 15 is 0 Å². The van der Waals surface area contributed by atoms with Crippen LogP contribution in [0, 0.1) is 0 Å². The Bertz CT molecular complexity index is 320. The van der Waals surface area contributed by atoms with Crippen molar-refractivity contribution in [2.75, 3.05) is 6.61 Å². The van der Waals surface area contributed by atoms with E-state index in [1.807, 2.05) is 31.2 Å². The molecule has 1 rings (SSSR count). The maximum atomic E-state index is 6.05. The smallest absolute Gasteiger partial charge is 0.141 e. The Kier molecular flexibility index (Phi) is 4.02. The summed E-state index contributed by atoms with van der Waals surface area (Å²) in [5, 5.41) is 0.665. The van der Waals surface area contributed by atoms with Crippen LogP contribution in [0.15, 0.2) is 30.9 Å². The van der Waals surface area contributed by atoms with Gasteiger partial charge < -0.3 is 4.74 Å². The number of allylic oxidation sites excluding steroid dienone is 1. The van der Waals surface area contributed by atoms with E-state index in [0.29, 0.717) is 11.6 Å². The van der Waals surface area contributed by atoms with E-state index in [2.05, 4.69) is 13.5 Å². The van der Waals surface area contributed by atoms with Crippen molar-refractivity contribution in [3.8, 4) is 5.75 Å². The number of hydrogen-bond acceptors (Lipinski definition) is 1. The molecule has 0 saturated carbocycles. The Balaban J connectivity index is 3.13. The number of hydrogen-bond donors (Lipinski definition) is 0. The van der Waals surface area contributed by atoms with Gasteiger partial charge in [0, 0.05) is 11.5 Å². The first-order valence-electron chi connectivity index (χ1n) is 4.74. The first-order chi connectivity index (χ1) is 6.70. The summed E-state index contributed by atoms with van der Waals surface area (Å²) >= 11 is 6.05. The fourth-order valence-electron chi connectivity index (χ4n) is 1.31. The molecular weight excluding hydrogens is 196 g/mol. The van der Waals surface area contributed by atoms with Crippen LogP contribution >= 0.6 is 11.6 Å². The molecule has 1 aromatic carbocycles. The van der Waals surface area contributed by atoms with Crippen molar-refractivity contribution in [2.45, 2.75) is 19.8 Å². The van der Waals surface area contributed by atoms with Gasteiger partial charge in [-0.15, -0.1) is 6.58 Å². The molecular formula is C12H15ClO. The zero-order chi connectivity index (χ0) is 10.6. The summed E-state index contributed by atoms with van der Waals surface area (Å²) < 4.78 is 5.51. The molecule has 0 aliphatic rings. The first-order valence-corrected chi connectivity index (χ1v) is 5.12. The molecule has 1 nitrogen and oxygen atoms in total. The Morgan fingerprint density at radius 3 is 2.86 bits per heavy atom. The van der Waals surface area contributed by atoms with Gasteiger partial charge in [-0.3, -0.25) is 0 Å². The van der Waals surface area contributed by atoms with Crippen LogP contribution in [0.3, 0.4) is 0 Å². The lowest BCUT2D eigenvalue weighted by Crippen LogP contribution is -1.99. The minimum atomic E-state index is 0.259. The molecule has 1 atom stereocenters. The summed E-state index contributed by atoms with van der Waals surface area (Å²) in [6, 6.07) is 5.79. The van der Waals surface area contributed by atoms with Crippen molar-refractivity contribution in [3.05, 3.63) is 41.4 Å². The average molecular weight is 211 g/mol. The van der Waals surface area contributed by atoms with Crippen molar-refractivity contribution in [2.24, 2.45) is 0 Å². The number of para-hydroxylation sites is 1. The minimum Gasteiger partial charge on any atom is -0.492 e. The number of benzene rings is 1. The van der Waals surface area contributed by atoms with Crippen LogP contribution in [0.4, 0.5) is 0 Å². The minimum absolute atomic E-state index is 0.259. The molecule has 0 aromatic heterocycles. The molecule has 0 amide bonds. The average Bonchev–Trinajstić information content (AvgIpc) is 2.20. The first kappa shape index (κ1) is 11.1. The van der Waals surface area contributed by atoms with Crippen LogP contribution in [0.25, 0.3) is 0 Å². The molecule has 0 radical (unpaired) electrons. The molecule has 0 heterocycles. The Hall–Kier alpha value is -0.950. The van der Waals surface area contributed by atoms with E-state index < -0.39 is 0 Å². The molecule has 0 saturated heterocycles. The van der Waals surface area contributed by atoms with Crippen LogP contribution in [-0.2, 0) is 0 Å². The van der Waals surface area contributed by atoms with Crippen LogP contribution in [-0.4, -0.2) is 6.61 Å². The summed E-state index contributed by atoms with van der Waals surface area (Å²) in [7, 11) is 0. The lowest BCUT2D eigenvalue weighted by molar-refractivity contribution is 0.336. The molecule has 76 valence electrons. The van der Waals surface area contributed by atoms with Crippen molar-refractivity contribution in [3.63, 3.8) is 0 Å². The van der Waals surface area contributed by atoms with E-state index in [0.717, 1.165) is 11.3 Å².